The maximum absolute atomic E-state index is 13.9. The Labute approximate surface area is 113 Å². The predicted molar refractivity (Wildman–Crippen MR) is 72.3 cm³/mol. The van der Waals surface area contributed by atoms with Gasteiger partial charge in [-0.15, -0.1) is 0 Å². The summed E-state index contributed by atoms with van der Waals surface area (Å²) in [6.07, 6.45) is 2.57. The van der Waals surface area contributed by atoms with Gasteiger partial charge in [-0.3, -0.25) is 0 Å². The fourth-order valence-corrected chi connectivity index (χ4v) is 2.00. The lowest BCUT2D eigenvalue weighted by Gasteiger charge is -2.20. The molecule has 0 N–H and O–H groups in total. The average Bonchev–Trinajstić information content (AvgIpc) is 2.43. The highest BCUT2D eigenvalue weighted by atomic mass is 19.3. The second kappa shape index (κ2) is 6.73. The van der Waals surface area contributed by atoms with Gasteiger partial charge < -0.3 is 9.47 Å². The molecule has 2 nitrogen and oxygen atoms in total. The Morgan fingerprint density at radius 2 is 1.68 bits per heavy atom. The van der Waals surface area contributed by atoms with Gasteiger partial charge in [-0.25, -0.2) is 8.78 Å². The zero-order valence-electron chi connectivity index (χ0n) is 12.1. The summed E-state index contributed by atoms with van der Waals surface area (Å²) in [6, 6.07) is 3.08. The zero-order chi connectivity index (χ0) is 14.5. The van der Waals surface area contributed by atoms with Crippen LogP contribution in [-0.2, 0) is 12.3 Å². The van der Waals surface area contributed by atoms with Crippen LogP contribution in [0.4, 0.5) is 8.78 Å². The molecule has 0 radical (unpaired) electrons. The molecule has 0 aliphatic carbocycles. The SMILES string of the molecule is CCCCc1cc(OC)c(C(F)(F)CC)cc1OC. The van der Waals surface area contributed by atoms with Crippen LogP contribution in [-0.4, -0.2) is 14.2 Å². The summed E-state index contributed by atoms with van der Waals surface area (Å²) in [4.78, 5) is 0. The Bertz CT molecular complexity index is 417. The van der Waals surface area contributed by atoms with Crippen molar-refractivity contribution in [1.29, 1.82) is 0 Å². The molecule has 0 unspecified atom stereocenters. The van der Waals surface area contributed by atoms with Gasteiger partial charge in [0.15, 0.2) is 0 Å². The molecule has 108 valence electrons. The lowest BCUT2D eigenvalue weighted by atomic mass is 9.99. The summed E-state index contributed by atoms with van der Waals surface area (Å²) in [5, 5.41) is 0. The molecular weight excluding hydrogens is 250 g/mol. The van der Waals surface area contributed by atoms with Crippen molar-refractivity contribution in [2.75, 3.05) is 14.2 Å². The van der Waals surface area contributed by atoms with E-state index in [-0.39, 0.29) is 17.7 Å². The van der Waals surface area contributed by atoms with Crippen LogP contribution in [0.1, 0.15) is 44.2 Å². The van der Waals surface area contributed by atoms with Crippen molar-refractivity contribution in [3.63, 3.8) is 0 Å². The Kier molecular flexibility index (Phi) is 5.58. The van der Waals surface area contributed by atoms with Crippen LogP contribution >= 0.6 is 0 Å². The first-order valence-electron chi connectivity index (χ1n) is 6.63. The smallest absolute Gasteiger partial charge is 0.276 e. The lowest BCUT2D eigenvalue weighted by Crippen LogP contribution is -2.14. The van der Waals surface area contributed by atoms with E-state index in [1.807, 2.05) is 0 Å². The van der Waals surface area contributed by atoms with Crippen molar-refractivity contribution in [1.82, 2.24) is 0 Å². The molecule has 0 aromatic heterocycles. The highest BCUT2D eigenvalue weighted by molar-refractivity contribution is 5.48. The van der Waals surface area contributed by atoms with Gasteiger partial charge in [0.2, 0.25) is 0 Å². The summed E-state index contributed by atoms with van der Waals surface area (Å²) >= 11 is 0. The maximum Gasteiger partial charge on any atom is 0.276 e. The number of unbranched alkanes of at least 4 members (excludes halogenated alkanes) is 1. The summed E-state index contributed by atoms with van der Waals surface area (Å²) < 4.78 is 38.1. The first-order chi connectivity index (χ1) is 9.00. The van der Waals surface area contributed by atoms with E-state index in [0.717, 1.165) is 24.8 Å². The monoisotopic (exact) mass is 272 g/mol. The van der Waals surface area contributed by atoms with E-state index in [9.17, 15) is 8.78 Å². The quantitative estimate of drug-likeness (QED) is 0.725. The molecule has 0 spiro atoms. The Morgan fingerprint density at radius 3 is 2.16 bits per heavy atom. The molecule has 0 aliphatic rings. The van der Waals surface area contributed by atoms with E-state index in [1.54, 1.807) is 6.07 Å². The lowest BCUT2D eigenvalue weighted by molar-refractivity contribution is -0.0106. The molecule has 0 amide bonds. The van der Waals surface area contributed by atoms with Gasteiger partial charge in [-0.2, -0.15) is 0 Å². The molecule has 0 saturated heterocycles. The number of benzene rings is 1. The molecule has 0 saturated carbocycles. The van der Waals surface area contributed by atoms with Crippen molar-refractivity contribution in [3.05, 3.63) is 23.3 Å². The van der Waals surface area contributed by atoms with Crippen molar-refractivity contribution < 1.29 is 18.3 Å². The third kappa shape index (κ3) is 3.58. The number of halogens is 2. The molecule has 0 fully saturated rings. The number of hydrogen-bond donors (Lipinski definition) is 0. The van der Waals surface area contributed by atoms with Gasteiger partial charge in [0, 0.05) is 6.42 Å². The molecule has 0 heterocycles. The van der Waals surface area contributed by atoms with Gasteiger partial charge in [0.25, 0.3) is 5.92 Å². The first kappa shape index (κ1) is 15.7. The van der Waals surface area contributed by atoms with Gasteiger partial charge in [0.1, 0.15) is 11.5 Å². The minimum atomic E-state index is -2.90. The van der Waals surface area contributed by atoms with Crippen molar-refractivity contribution >= 4 is 0 Å². The average molecular weight is 272 g/mol. The summed E-state index contributed by atoms with van der Waals surface area (Å²) in [6.45, 7) is 3.54. The largest absolute Gasteiger partial charge is 0.496 e. The molecule has 1 aromatic carbocycles. The third-order valence-electron chi connectivity index (χ3n) is 3.24. The van der Waals surface area contributed by atoms with Gasteiger partial charge in [-0.1, -0.05) is 20.3 Å². The van der Waals surface area contributed by atoms with E-state index in [2.05, 4.69) is 6.92 Å². The maximum atomic E-state index is 13.9. The number of rotatable bonds is 7. The number of hydrogen-bond acceptors (Lipinski definition) is 2. The third-order valence-corrected chi connectivity index (χ3v) is 3.24. The number of aryl methyl sites for hydroxylation is 1. The molecule has 1 aromatic rings. The van der Waals surface area contributed by atoms with Gasteiger partial charge in [-0.05, 0) is 30.5 Å². The molecule has 0 bridgehead atoms. The fourth-order valence-electron chi connectivity index (χ4n) is 2.00. The van der Waals surface area contributed by atoms with Crippen LogP contribution in [0.2, 0.25) is 0 Å². The number of methoxy groups -OCH3 is 2. The summed E-state index contributed by atoms with van der Waals surface area (Å²) in [7, 11) is 2.92. The van der Waals surface area contributed by atoms with Crippen molar-refractivity contribution in [3.8, 4) is 11.5 Å². The van der Waals surface area contributed by atoms with Crippen molar-refractivity contribution in [2.24, 2.45) is 0 Å². The van der Waals surface area contributed by atoms with Crippen LogP contribution in [0.3, 0.4) is 0 Å². The van der Waals surface area contributed by atoms with E-state index in [0.29, 0.717) is 5.75 Å². The molecule has 1 rings (SSSR count). The normalized spacial score (nSPS) is 11.5. The molecule has 0 aliphatic heterocycles. The van der Waals surface area contributed by atoms with E-state index >= 15 is 0 Å². The minimum absolute atomic E-state index is 0.102. The first-order valence-corrected chi connectivity index (χ1v) is 6.63. The van der Waals surface area contributed by atoms with Gasteiger partial charge in [0.05, 0.1) is 19.8 Å². The standard InChI is InChI=1S/C15H22F2O2/c1-5-7-8-11-9-14(19-4)12(10-13(11)18-3)15(16,17)6-2/h9-10H,5-8H2,1-4H3. The highest BCUT2D eigenvalue weighted by Gasteiger charge is 2.33. The number of ether oxygens (including phenoxy) is 2. The Balaban J connectivity index is 3.27. The van der Waals surface area contributed by atoms with E-state index in [1.165, 1.54) is 27.2 Å². The molecule has 4 heteroatoms. The second-order valence-corrected chi connectivity index (χ2v) is 4.53. The van der Waals surface area contributed by atoms with Crippen LogP contribution < -0.4 is 9.47 Å². The molecule has 19 heavy (non-hydrogen) atoms. The predicted octanol–water partition coefficient (Wildman–Crippen LogP) is 4.55. The fraction of sp³-hybridized carbons (Fsp3) is 0.600. The zero-order valence-corrected chi connectivity index (χ0v) is 12.1. The minimum Gasteiger partial charge on any atom is -0.496 e. The molecular formula is C15H22F2O2. The Morgan fingerprint density at radius 1 is 1.05 bits per heavy atom. The van der Waals surface area contributed by atoms with E-state index in [4.69, 9.17) is 9.47 Å². The Hall–Kier alpha value is -1.32. The topological polar surface area (TPSA) is 18.5 Å². The van der Waals surface area contributed by atoms with Gasteiger partial charge >= 0.3 is 0 Å². The van der Waals surface area contributed by atoms with Crippen LogP contribution in [0.15, 0.2) is 12.1 Å². The number of alkyl halides is 2. The van der Waals surface area contributed by atoms with E-state index < -0.39 is 5.92 Å². The summed E-state index contributed by atoms with van der Waals surface area (Å²) in [5.41, 5.74) is 0.812. The van der Waals surface area contributed by atoms with Crippen LogP contribution in [0.25, 0.3) is 0 Å². The van der Waals surface area contributed by atoms with Crippen molar-refractivity contribution in [2.45, 2.75) is 45.5 Å². The molecule has 0 atom stereocenters. The highest BCUT2D eigenvalue weighted by Crippen LogP contribution is 2.41. The van der Waals surface area contributed by atoms with Crippen LogP contribution in [0.5, 0.6) is 11.5 Å². The summed E-state index contributed by atoms with van der Waals surface area (Å²) in [5.74, 6) is -2.15. The van der Waals surface area contributed by atoms with Crippen LogP contribution in [0, 0.1) is 0 Å². The second-order valence-electron chi connectivity index (χ2n) is 4.53.